The second kappa shape index (κ2) is 8.38. The SMILES string of the molecule is CCCc1ccc(OCc2ccc(C(=O)NCc3ccnn3C)o2)cc1. The van der Waals surface area contributed by atoms with Gasteiger partial charge in [-0.25, -0.2) is 0 Å². The largest absolute Gasteiger partial charge is 0.486 e. The highest BCUT2D eigenvalue weighted by Gasteiger charge is 2.12. The van der Waals surface area contributed by atoms with Gasteiger partial charge in [-0.05, 0) is 42.3 Å². The quantitative estimate of drug-likeness (QED) is 0.673. The number of aryl methyl sites for hydroxylation is 2. The molecule has 0 aliphatic carbocycles. The highest BCUT2D eigenvalue weighted by Crippen LogP contribution is 2.16. The normalized spacial score (nSPS) is 10.7. The average Bonchev–Trinajstić information content (AvgIpc) is 3.28. The van der Waals surface area contributed by atoms with Crippen LogP contribution in [0.5, 0.6) is 5.75 Å². The number of carbonyl (C=O) groups is 1. The summed E-state index contributed by atoms with van der Waals surface area (Å²) in [4.78, 5) is 12.2. The molecule has 0 aliphatic rings. The number of hydrogen-bond donors (Lipinski definition) is 1. The van der Waals surface area contributed by atoms with Crippen LogP contribution >= 0.6 is 0 Å². The van der Waals surface area contributed by atoms with Gasteiger partial charge in [0.2, 0.25) is 0 Å². The summed E-state index contributed by atoms with van der Waals surface area (Å²) in [6, 6.07) is 13.3. The maximum absolute atomic E-state index is 12.2. The molecule has 0 bridgehead atoms. The van der Waals surface area contributed by atoms with Gasteiger partial charge in [-0.2, -0.15) is 5.10 Å². The molecule has 6 heteroatoms. The maximum atomic E-state index is 12.2. The van der Waals surface area contributed by atoms with Gasteiger partial charge in [-0.15, -0.1) is 0 Å². The summed E-state index contributed by atoms with van der Waals surface area (Å²) in [5.74, 6) is 1.39. The Hall–Kier alpha value is -3.02. The standard InChI is InChI=1S/C20H23N3O3/c1-3-4-15-5-7-17(8-6-15)25-14-18-9-10-19(26-18)20(24)21-13-16-11-12-22-23(16)2/h5-12H,3-4,13-14H2,1-2H3,(H,21,24). The Bertz CT molecular complexity index is 849. The molecule has 0 saturated carbocycles. The number of ether oxygens (including phenoxy) is 1. The molecule has 0 atom stereocenters. The molecule has 0 radical (unpaired) electrons. The zero-order valence-electron chi connectivity index (χ0n) is 15.1. The molecule has 3 aromatic rings. The third-order valence-corrected chi connectivity index (χ3v) is 4.08. The van der Waals surface area contributed by atoms with Crippen molar-refractivity contribution in [2.24, 2.45) is 7.05 Å². The van der Waals surface area contributed by atoms with E-state index in [1.807, 2.05) is 25.2 Å². The topological polar surface area (TPSA) is 69.3 Å². The molecular weight excluding hydrogens is 330 g/mol. The van der Waals surface area contributed by atoms with E-state index in [-0.39, 0.29) is 18.3 Å². The van der Waals surface area contributed by atoms with Crippen LogP contribution in [0.1, 0.15) is 40.9 Å². The molecule has 2 heterocycles. The third-order valence-electron chi connectivity index (χ3n) is 4.08. The number of nitrogens with one attached hydrogen (secondary N) is 1. The summed E-state index contributed by atoms with van der Waals surface area (Å²) in [5, 5.41) is 6.88. The zero-order valence-corrected chi connectivity index (χ0v) is 15.1. The van der Waals surface area contributed by atoms with E-state index in [2.05, 4.69) is 29.5 Å². The molecule has 26 heavy (non-hydrogen) atoms. The first-order valence-corrected chi connectivity index (χ1v) is 8.71. The van der Waals surface area contributed by atoms with Gasteiger partial charge < -0.3 is 14.5 Å². The summed E-state index contributed by atoms with van der Waals surface area (Å²) < 4.78 is 13.0. The van der Waals surface area contributed by atoms with Crippen LogP contribution in [0, 0.1) is 0 Å². The van der Waals surface area contributed by atoms with E-state index >= 15 is 0 Å². The molecule has 0 saturated heterocycles. The van der Waals surface area contributed by atoms with Gasteiger partial charge in [-0.3, -0.25) is 9.48 Å². The fourth-order valence-corrected chi connectivity index (χ4v) is 2.61. The van der Waals surface area contributed by atoms with Crippen LogP contribution in [0.2, 0.25) is 0 Å². The Morgan fingerprint density at radius 1 is 1.19 bits per heavy atom. The Morgan fingerprint density at radius 2 is 2.00 bits per heavy atom. The smallest absolute Gasteiger partial charge is 0.287 e. The summed E-state index contributed by atoms with van der Waals surface area (Å²) in [5.41, 5.74) is 2.21. The van der Waals surface area contributed by atoms with Gasteiger partial charge in [0.25, 0.3) is 5.91 Å². The zero-order chi connectivity index (χ0) is 18.4. The molecule has 1 N–H and O–H groups in total. The van der Waals surface area contributed by atoms with Crippen molar-refractivity contribution in [2.75, 3.05) is 0 Å². The van der Waals surface area contributed by atoms with Crippen molar-refractivity contribution in [1.29, 1.82) is 0 Å². The lowest BCUT2D eigenvalue weighted by Crippen LogP contribution is -2.23. The van der Waals surface area contributed by atoms with Crippen molar-refractivity contribution >= 4 is 5.91 Å². The van der Waals surface area contributed by atoms with Crippen LogP contribution in [0.15, 0.2) is 53.1 Å². The fraction of sp³-hybridized carbons (Fsp3) is 0.300. The fourth-order valence-electron chi connectivity index (χ4n) is 2.61. The number of furan rings is 1. The molecular formula is C20H23N3O3. The molecule has 6 nitrogen and oxygen atoms in total. The number of nitrogens with zero attached hydrogens (tertiary/aromatic N) is 2. The Kier molecular flexibility index (Phi) is 5.73. The van der Waals surface area contributed by atoms with Gasteiger partial charge in [0.05, 0.1) is 12.2 Å². The Balaban J connectivity index is 1.50. The van der Waals surface area contributed by atoms with Crippen LogP contribution in [0.25, 0.3) is 0 Å². The summed E-state index contributed by atoms with van der Waals surface area (Å²) in [6.07, 6.45) is 3.88. The maximum Gasteiger partial charge on any atom is 0.287 e. The third kappa shape index (κ3) is 4.53. The van der Waals surface area contributed by atoms with E-state index in [4.69, 9.17) is 9.15 Å². The van der Waals surface area contributed by atoms with Crippen LogP contribution in [-0.2, 0) is 26.6 Å². The summed E-state index contributed by atoms with van der Waals surface area (Å²) in [6.45, 7) is 2.83. The second-order valence-corrected chi connectivity index (χ2v) is 6.08. The molecule has 3 rings (SSSR count). The lowest BCUT2D eigenvalue weighted by molar-refractivity contribution is 0.0918. The van der Waals surface area contributed by atoms with Crippen LogP contribution < -0.4 is 10.1 Å². The monoisotopic (exact) mass is 353 g/mol. The van der Waals surface area contributed by atoms with E-state index in [0.29, 0.717) is 12.3 Å². The molecule has 0 aliphatic heterocycles. The van der Waals surface area contributed by atoms with Gasteiger partial charge in [0, 0.05) is 13.2 Å². The molecule has 0 fully saturated rings. The molecule has 1 aromatic carbocycles. The Morgan fingerprint density at radius 3 is 2.69 bits per heavy atom. The van der Waals surface area contributed by atoms with E-state index in [1.54, 1.807) is 23.0 Å². The first kappa shape index (κ1) is 17.8. The van der Waals surface area contributed by atoms with Crippen molar-refractivity contribution < 1.29 is 13.9 Å². The van der Waals surface area contributed by atoms with Gasteiger partial charge >= 0.3 is 0 Å². The minimum absolute atomic E-state index is 0.263. The number of benzene rings is 1. The first-order chi connectivity index (χ1) is 12.7. The predicted octanol–water partition coefficient (Wildman–Crippen LogP) is 3.47. The van der Waals surface area contributed by atoms with Gasteiger partial charge in [0.1, 0.15) is 18.1 Å². The van der Waals surface area contributed by atoms with Crippen LogP contribution in [0.3, 0.4) is 0 Å². The van der Waals surface area contributed by atoms with Crippen LogP contribution in [0.4, 0.5) is 0 Å². The molecule has 1 amide bonds. The summed E-state index contributed by atoms with van der Waals surface area (Å²) >= 11 is 0. The number of hydrogen-bond acceptors (Lipinski definition) is 4. The lowest BCUT2D eigenvalue weighted by Gasteiger charge is -2.06. The molecule has 136 valence electrons. The number of carbonyl (C=O) groups excluding carboxylic acids is 1. The minimum Gasteiger partial charge on any atom is -0.486 e. The minimum atomic E-state index is -0.263. The van der Waals surface area contributed by atoms with E-state index in [1.165, 1.54) is 5.56 Å². The van der Waals surface area contributed by atoms with E-state index in [0.717, 1.165) is 24.3 Å². The predicted molar refractivity (Wildman–Crippen MR) is 97.9 cm³/mol. The lowest BCUT2D eigenvalue weighted by atomic mass is 10.1. The van der Waals surface area contributed by atoms with Crippen molar-refractivity contribution in [3.05, 3.63) is 71.4 Å². The van der Waals surface area contributed by atoms with Crippen molar-refractivity contribution in [3.63, 3.8) is 0 Å². The highest BCUT2D eigenvalue weighted by molar-refractivity contribution is 5.91. The number of rotatable bonds is 8. The first-order valence-electron chi connectivity index (χ1n) is 8.71. The summed E-state index contributed by atoms with van der Waals surface area (Å²) in [7, 11) is 1.83. The van der Waals surface area contributed by atoms with Crippen molar-refractivity contribution in [1.82, 2.24) is 15.1 Å². The second-order valence-electron chi connectivity index (χ2n) is 6.08. The number of amides is 1. The van der Waals surface area contributed by atoms with Crippen molar-refractivity contribution in [2.45, 2.75) is 32.9 Å². The van der Waals surface area contributed by atoms with Crippen molar-refractivity contribution in [3.8, 4) is 5.75 Å². The Labute approximate surface area is 152 Å². The molecule has 2 aromatic heterocycles. The average molecular weight is 353 g/mol. The van der Waals surface area contributed by atoms with Gasteiger partial charge in [0.15, 0.2) is 5.76 Å². The van der Waals surface area contributed by atoms with Gasteiger partial charge in [-0.1, -0.05) is 25.5 Å². The number of aromatic nitrogens is 2. The van der Waals surface area contributed by atoms with E-state index in [9.17, 15) is 4.79 Å². The van der Waals surface area contributed by atoms with E-state index < -0.39 is 0 Å². The molecule has 0 unspecified atom stereocenters. The molecule has 0 spiro atoms. The van der Waals surface area contributed by atoms with Crippen LogP contribution in [-0.4, -0.2) is 15.7 Å². The highest BCUT2D eigenvalue weighted by atomic mass is 16.5.